The van der Waals surface area contributed by atoms with Crippen LogP contribution in [-0.4, -0.2) is 20.2 Å². The number of rotatable bonds is 5. The summed E-state index contributed by atoms with van der Waals surface area (Å²) in [4.78, 5) is 12.0. The third-order valence-electron chi connectivity index (χ3n) is 3.29. The lowest BCUT2D eigenvalue weighted by molar-refractivity contribution is -0.142. The average Bonchev–Trinajstić information content (AvgIpc) is 2.53. The molecule has 0 fully saturated rings. The number of carbonyl (C=O) groups excluding carboxylic acids is 1. The summed E-state index contributed by atoms with van der Waals surface area (Å²) in [6, 6.07) is 17.4. The van der Waals surface area contributed by atoms with E-state index >= 15 is 0 Å². The first-order valence-electron chi connectivity index (χ1n) is 6.50. The van der Waals surface area contributed by atoms with Gasteiger partial charge in [0.25, 0.3) is 0 Å². The monoisotopic (exact) mass is 270 g/mol. The van der Waals surface area contributed by atoms with Crippen molar-refractivity contribution < 1.29 is 14.3 Å². The molecule has 2 aromatic rings. The van der Waals surface area contributed by atoms with E-state index in [9.17, 15) is 4.79 Å². The fraction of sp³-hybridized carbons (Fsp3) is 0.235. The van der Waals surface area contributed by atoms with Crippen LogP contribution < -0.4 is 4.74 Å². The molecule has 0 aliphatic rings. The van der Waals surface area contributed by atoms with E-state index in [0.717, 1.165) is 16.9 Å². The molecule has 0 heterocycles. The summed E-state index contributed by atoms with van der Waals surface area (Å²) >= 11 is 0. The Morgan fingerprint density at radius 3 is 2.20 bits per heavy atom. The molecule has 0 amide bonds. The largest absolute Gasteiger partial charge is 0.497 e. The molecule has 0 saturated carbocycles. The topological polar surface area (TPSA) is 35.5 Å². The minimum absolute atomic E-state index is 0.216. The van der Waals surface area contributed by atoms with Gasteiger partial charge in [0.15, 0.2) is 0 Å². The second-order valence-corrected chi connectivity index (χ2v) is 4.54. The van der Waals surface area contributed by atoms with E-state index in [-0.39, 0.29) is 11.9 Å². The predicted octanol–water partition coefficient (Wildman–Crippen LogP) is 3.19. The van der Waals surface area contributed by atoms with E-state index < -0.39 is 0 Å². The van der Waals surface area contributed by atoms with Gasteiger partial charge in [-0.25, -0.2) is 0 Å². The lowest BCUT2D eigenvalue weighted by Gasteiger charge is -2.15. The van der Waals surface area contributed by atoms with Gasteiger partial charge in [-0.2, -0.15) is 0 Å². The van der Waals surface area contributed by atoms with Gasteiger partial charge in [0.2, 0.25) is 0 Å². The maximum absolute atomic E-state index is 12.0. The predicted molar refractivity (Wildman–Crippen MR) is 77.9 cm³/mol. The SMILES string of the molecule is COC(=O)[C@H](Cc1ccc(OC)cc1)c1ccccc1. The lowest BCUT2D eigenvalue weighted by Crippen LogP contribution is -2.16. The minimum atomic E-state index is -0.283. The van der Waals surface area contributed by atoms with Gasteiger partial charge in [0, 0.05) is 0 Å². The van der Waals surface area contributed by atoms with Crippen LogP contribution in [0.4, 0.5) is 0 Å². The van der Waals surface area contributed by atoms with Gasteiger partial charge < -0.3 is 9.47 Å². The van der Waals surface area contributed by atoms with Crippen molar-refractivity contribution in [2.24, 2.45) is 0 Å². The first-order chi connectivity index (χ1) is 9.74. The Balaban J connectivity index is 2.21. The van der Waals surface area contributed by atoms with Gasteiger partial charge >= 0.3 is 5.97 Å². The normalized spacial score (nSPS) is 11.7. The van der Waals surface area contributed by atoms with Crippen molar-refractivity contribution in [3.05, 3.63) is 65.7 Å². The lowest BCUT2D eigenvalue weighted by atomic mass is 9.92. The zero-order valence-electron chi connectivity index (χ0n) is 11.7. The third kappa shape index (κ3) is 3.38. The van der Waals surface area contributed by atoms with Crippen LogP contribution in [0.15, 0.2) is 54.6 Å². The van der Waals surface area contributed by atoms with Crippen molar-refractivity contribution in [1.29, 1.82) is 0 Å². The number of carbonyl (C=O) groups is 1. The summed E-state index contributed by atoms with van der Waals surface area (Å²) in [7, 11) is 3.06. The molecular formula is C17H18O3. The molecule has 104 valence electrons. The Morgan fingerprint density at radius 1 is 1.00 bits per heavy atom. The second kappa shape index (κ2) is 6.75. The Morgan fingerprint density at radius 2 is 1.65 bits per heavy atom. The van der Waals surface area contributed by atoms with Crippen molar-refractivity contribution in [1.82, 2.24) is 0 Å². The van der Waals surface area contributed by atoms with Gasteiger partial charge in [-0.3, -0.25) is 4.79 Å². The van der Waals surface area contributed by atoms with Crippen molar-refractivity contribution in [2.45, 2.75) is 12.3 Å². The van der Waals surface area contributed by atoms with Crippen molar-refractivity contribution in [2.75, 3.05) is 14.2 Å². The van der Waals surface area contributed by atoms with E-state index in [1.165, 1.54) is 7.11 Å². The minimum Gasteiger partial charge on any atom is -0.497 e. The second-order valence-electron chi connectivity index (χ2n) is 4.54. The van der Waals surface area contributed by atoms with Gasteiger partial charge in [-0.15, -0.1) is 0 Å². The molecule has 2 aromatic carbocycles. The molecule has 0 spiro atoms. The molecule has 0 unspecified atom stereocenters. The molecule has 20 heavy (non-hydrogen) atoms. The fourth-order valence-corrected chi connectivity index (χ4v) is 2.16. The molecule has 1 atom stereocenters. The molecule has 0 saturated heterocycles. The van der Waals surface area contributed by atoms with Crippen molar-refractivity contribution in [3.8, 4) is 5.75 Å². The molecule has 2 rings (SSSR count). The maximum Gasteiger partial charge on any atom is 0.313 e. The highest BCUT2D eigenvalue weighted by Crippen LogP contribution is 2.23. The number of hydrogen-bond acceptors (Lipinski definition) is 3. The van der Waals surface area contributed by atoms with Crippen LogP contribution in [0.3, 0.4) is 0 Å². The number of methoxy groups -OCH3 is 2. The van der Waals surface area contributed by atoms with Gasteiger partial charge in [-0.05, 0) is 29.7 Å². The zero-order valence-corrected chi connectivity index (χ0v) is 11.7. The maximum atomic E-state index is 12.0. The Labute approximate surface area is 119 Å². The Hall–Kier alpha value is -2.29. The van der Waals surface area contributed by atoms with Gasteiger partial charge in [0.1, 0.15) is 5.75 Å². The Kier molecular flexibility index (Phi) is 4.77. The first kappa shape index (κ1) is 14.1. The number of ether oxygens (including phenoxy) is 2. The van der Waals surface area contributed by atoms with Crippen LogP contribution >= 0.6 is 0 Å². The van der Waals surface area contributed by atoms with Crippen LogP contribution in [0.2, 0.25) is 0 Å². The highest BCUT2D eigenvalue weighted by Gasteiger charge is 2.21. The molecule has 3 nitrogen and oxygen atoms in total. The molecule has 0 aliphatic heterocycles. The van der Waals surface area contributed by atoms with Gasteiger partial charge in [-0.1, -0.05) is 42.5 Å². The number of hydrogen-bond donors (Lipinski definition) is 0. The standard InChI is InChI=1S/C17H18O3/c1-19-15-10-8-13(9-11-15)12-16(17(18)20-2)14-6-4-3-5-7-14/h3-11,16H,12H2,1-2H3/t16-/m1/s1. The van der Waals surface area contributed by atoms with Crippen LogP contribution in [0.1, 0.15) is 17.0 Å². The number of esters is 1. The highest BCUT2D eigenvalue weighted by atomic mass is 16.5. The molecule has 0 bridgehead atoms. The summed E-state index contributed by atoms with van der Waals surface area (Å²) in [5, 5.41) is 0. The van der Waals surface area contributed by atoms with Crippen molar-refractivity contribution in [3.63, 3.8) is 0 Å². The molecule has 3 heteroatoms. The van der Waals surface area contributed by atoms with Gasteiger partial charge in [0.05, 0.1) is 20.1 Å². The highest BCUT2D eigenvalue weighted by molar-refractivity contribution is 5.78. The van der Waals surface area contributed by atoms with E-state index in [0.29, 0.717) is 6.42 Å². The fourth-order valence-electron chi connectivity index (χ4n) is 2.16. The van der Waals surface area contributed by atoms with E-state index in [4.69, 9.17) is 9.47 Å². The quantitative estimate of drug-likeness (QED) is 0.783. The summed E-state index contributed by atoms with van der Waals surface area (Å²) in [6.07, 6.45) is 0.612. The third-order valence-corrected chi connectivity index (χ3v) is 3.29. The zero-order chi connectivity index (χ0) is 14.4. The van der Waals surface area contributed by atoms with Crippen molar-refractivity contribution >= 4 is 5.97 Å². The molecule has 0 aromatic heterocycles. The number of benzene rings is 2. The van der Waals surface area contributed by atoms with E-state index in [2.05, 4.69) is 0 Å². The summed E-state index contributed by atoms with van der Waals surface area (Å²) < 4.78 is 10.1. The molecule has 0 N–H and O–H groups in total. The van der Waals surface area contributed by atoms with Crippen LogP contribution in [-0.2, 0) is 16.0 Å². The van der Waals surface area contributed by atoms with Crippen LogP contribution in [0.5, 0.6) is 5.75 Å². The first-order valence-corrected chi connectivity index (χ1v) is 6.50. The molecular weight excluding hydrogens is 252 g/mol. The summed E-state index contributed by atoms with van der Waals surface area (Å²) in [6.45, 7) is 0. The average molecular weight is 270 g/mol. The Bertz CT molecular complexity index is 546. The molecule has 0 radical (unpaired) electrons. The molecule has 0 aliphatic carbocycles. The van der Waals surface area contributed by atoms with Crippen LogP contribution in [0, 0.1) is 0 Å². The van der Waals surface area contributed by atoms with E-state index in [1.54, 1.807) is 7.11 Å². The summed E-state index contributed by atoms with van der Waals surface area (Å²) in [5.41, 5.74) is 2.04. The van der Waals surface area contributed by atoms with Crippen LogP contribution in [0.25, 0.3) is 0 Å². The van der Waals surface area contributed by atoms with E-state index in [1.807, 2.05) is 54.6 Å². The smallest absolute Gasteiger partial charge is 0.313 e. The summed E-state index contributed by atoms with van der Waals surface area (Å²) in [5.74, 6) is 0.310.